The van der Waals surface area contributed by atoms with Crippen molar-refractivity contribution in [2.45, 2.75) is 35.3 Å². The number of anilines is 1. The first-order valence-corrected chi connectivity index (χ1v) is 6.35. The minimum absolute atomic E-state index is 0.133. The van der Waals surface area contributed by atoms with Crippen LogP contribution in [-0.4, -0.2) is 15.8 Å². The highest BCUT2D eigenvalue weighted by molar-refractivity contribution is 8.01. The van der Waals surface area contributed by atoms with Crippen molar-refractivity contribution >= 4 is 23.4 Å². The highest BCUT2D eigenvalue weighted by atomic mass is 32.2. The number of amides is 1. The Hall–Kier alpha value is -1.16. The van der Waals surface area contributed by atoms with Crippen LogP contribution in [0.1, 0.15) is 25.7 Å². The zero-order chi connectivity index (χ0) is 11.2. The number of nitrogens with one attached hydrogen (secondary N) is 1. The summed E-state index contributed by atoms with van der Waals surface area (Å²) in [5.41, 5.74) is 0.824. The fourth-order valence-electron chi connectivity index (χ4n) is 2.47. The van der Waals surface area contributed by atoms with Crippen LogP contribution in [0.5, 0.6) is 5.75 Å². The van der Waals surface area contributed by atoms with Crippen LogP contribution in [0.3, 0.4) is 0 Å². The van der Waals surface area contributed by atoms with E-state index in [0.717, 1.165) is 36.3 Å². The molecule has 3 rings (SSSR count). The van der Waals surface area contributed by atoms with Crippen LogP contribution in [0.2, 0.25) is 0 Å². The highest BCUT2D eigenvalue weighted by Gasteiger charge is 2.45. The van der Waals surface area contributed by atoms with Crippen molar-refractivity contribution in [1.82, 2.24) is 0 Å². The molecule has 3 nitrogen and oxygen atoms in total. The zero-order valence-electron chi connectivity index (χ0n) is 8.82. The molecule has 2 N–H and O–H groups in total. The van der Waals surface area contributed by atoms with Gasteiger partial charge in [0, 0.05) is 4.90 Å². The Bertz CT molecular complexity index is 452. The molecule has 84 valence electrons. The molecule has 1 aromatic rings. The number of phenolic OH excluding ortho intramolecular Hbond substituents is 1. The SMILES string of the molecule is O=C1Nc2ccc(O)cc2SC12CCCC2. The van der Waals surface area contributed by atoms with E-state index >= 15 is 0 Å². The molecule has 1 spiro atoms. The first-order chi connectivity index (χ1) is 7.70. The molecule has 0 bridgehead atoms. The van der Waals surface area contributed by atoms with Gasteiger partial charge in [-0.25, -0.2) is 0 Å². The average molecular weight is 235 g/mol. The highest BCUT2D eigenvalue weighted by Crippen LogP contribution is 2.51. The molecule has 1 fully saturated rings. The number of hydrogen-bond acceptors (Lipinski definition) is 3. The lowest BCUT2D eigenvalue weighted by Crippen LogP contribution is -2.40. The molecular formula is C12H13NO2S. The zero-order valence-corrected chi connectivity index (χ0v) is 9.64. The van der Waals surface area contributed by atoms with Gasteiger partial charge in [-0.3, -0.25) is 4.79 Å². The maximum Gasteiger partial charge on any atom is 0.241 e. The van der Waals surface area contributed by atoms with E-state index in [2.05, 4.69) is 5.32 Å². The van der Waals surface area contributed by atoms with E-state index in [0.29, 0.717) is 0 Å². The van der Waals surface area contributed by atoms with Crippen LogP contribution >= 0.6 is 11.8 Å². The molecule has 1 amide bonds. The largest absolute Gasteiger partial charge is 0.508 e. The van der Waals surface area contributed by atoms with Crippen LogP contribution in [0.25, 0.3) is 0 Å². The number of fused-ring (bicyclic) bond motifs is 1. The molecule has 0 saturated heterocycles. The molecule has 2 aliphatic rings. The van der Waals surface area contributed by atoms with Gasteiger partial charge in [-0.1, -0.05) is 12.8 Å². The van der Waals surface area contributed by atoms with Gasteiger partial charge in [0.05, 0.1) is 10.4 Å². The number of benzene rings is 1. The van der Waals surface area contributed by atoms with E-state index in [1.807, 2.05) is 0 Å². The Balaban J connectivity index is 2.02. The third-order valence-corrected chi connectivity index (χ3v) is 4.89. The summed E-state index contributed by atoms with van der Waals surface area (Å²) < 4.78 is -0.277. The fourth-order valence-corrected chi connectivity index (χ4v) is 3.93. The van der Waals surface area contributed by atoms with Crippen molar-refractivity contribution in [1.29, 1.82) is 0 Å². The summed E-state index contributed by atoms with van der Waals surface area (Å²) in [5.74, 6) is 0.392. The Morgan fingerprint density at radius 3 is 2.81 bits per heavy atom. The van der Waals surface area contributed by atoms with Gasteiger partial charge in [0.15, 0.2) is 0 Å². The van der Waals surface area contributed by atoms with Crippen molar-refractivity contribution in [3.63, 3.8) is 0 Å². The number of hydrogen-bond donors (Lipinski definition) is 2. The van der Waals surface area contributed by atoms with E-state index in [1.54, 1.807) is 30.0 Å². The predicted octanol–water partition coefficient (Wildman–Crippen LogP) is 2.75. The fraction of sp³-hybridized carbons (Fsp3) is 0.417. The smallest absolute Gasteiger partial charge is 0.241 e. The predicted molar refractivity (Wildman–Crippen MR) is 63.8 cm³/mol. The molecule has 1 saturated carbocycles. The van der Waals surface area contributed by atoms with Crippen LogP contribution < -0.4 is 5.32 Å². The summed E-state index contributed by atoms with van der Waals surface area (Å²) in [7, 11) is 0. The molecule has 0 radical (unpaired) electrons. The molecule has 1 heterocycles. The van der Waals surface area contributed by atoms with Gasteiger partial charge in [0.2, 0.25) is 5.91 Å². The molecule has 0 atom stereocenters. The first-order valence-electron chi connectivity index (χ1n) is 5.53. The summed E-state index contributed by atoms with van der Waals surface area (Å²) in [6.07, 6.45) is 4.13. The second-order valence-electron chi connectivity index (χ2n) is 4.44. The second kappa shape index (κ2) is 3.42. The van der Waals surface area contributed by atoms with Gasteiger partial charge in [-0.2, -0.15) is 0 Å². The first kappa shape index (κ1) is 10.0. The number of rotatable bonds is 0. The lowest BCUT2D eigenvalue weighted by Gasteiger charge is -2.32. The van der Waals surface area contributed by atoms with E-state index in [-0.39, 0.29) is 16.4 Å². The summed E-state index contributed by atoms with van der Waals surface area (Å²) in [6.45, 7) is 0. The van der Waals surface area contributed by atoms with Gasteiger partial charge >= 0.3 is 0 Å². The minimum Gasteiger partial charge on any atom is -0.508 e. The maximum absolute atomic E-state index is 12.1. The van der Waals surface area contributed by atoms with Crippen molar-refractivity contribution in [2.75, 3.05) is 5.32 Å². The van der Waals surface area contributed by atoms with Gasteiger partial charge in [0.25, 0.3) is 0 Å². The van der Waals surface area contributed by atoms with Crippen molar-refractivity contribution < 1.29 is 9.90 Å². The molecule has 16 heavy (non-hydrogen) atoms. The number of carbonyl (C=O) groups excluding carboxylic acids is 1. The second-order valence-corrected chi connectivity index (χ2v) is 5.86. The lowest BCUT2D eigenvalue weighted by molar-refractivity contribution is -0.118. The standard InChI is InChI=1S/C12H13NO2S/c14-8-3-4-9-10(7-8)16-12(11(15)13-9)5-1-2-6-12/h3-4,7,14H,1-2,5-6H2,(H,13,15). The van der Waals surface area contributed by atoms with Crippen LogP contribution in [0.4, 0.5) is 5.69 Å². The quantitative estimate of drug-likeness (QED) is 0.680. The van der Waals surface area contributed by atoms with Crippen molar-refractivity contribution in [3.8, 4) is 5.75 Å². The number of phenols is 1. The van der Waals surface area contributed by atoms with Gasteiger partial charge in [-0.15, -0.1) is 11.8 Å². The third-order valence-electron chi connectivity index (χ3n) is 3.34. The Kier molecular flexibility index (Phi) is 2.14. The number of thioether (sulfide) groups is 1. The van der Waals surface area contributed by atoms with E-state index in [4.69, 9.17) is 0 Å². The Morgan fingerprint density at radius 1 is 1.31 bits per heavy atom. The maximum atomic E-state index is 12.1. The molecule has 0 aromatic heterocycles. The van der Waals surface area contributed by atoms with E-state index in [9.17, 15) is 9.90 Å². The average Bonchev–Trinajstić information content (AvgIpc) is 2.70. The molecule has 1 aromatic carbocycles. The summed E-state index contributed by atoms with van der Waals surface area (Å²) in [4.78, 5) is 13.1. The normalized spacial score (nSPS) is 21.9. The topological polar surface area (TPSA) is 49.3 Å². The van der Waals surface area contributed by atoms with Crippen molar-refractivity contribution in [3.05, 3.63) is 18.2 Å². The van der Waals surface area contributed by atoms with Crippen LogP contribution in [0.15, 0.2) is 23.1 Å². The van der Waals surface area contributed by atoms with Crippen LogP contribution in [-0.2, 0) is 4.79 Å². The number of aromatic hydroxyl groups is 1. The lowest BCUT2D eigenvalue weighted by atomic mass is 10.1. The molecule has 1 aliphatic heterocycles. The molecule has 4 heteroatoms. The Labute approximate surface area is 98.2 Å². The monoisotopic (exact) mass is 235 g/mol. The van der Waals surface area contributed by atoms with Crippen molar-refractivity contribution in [2.24, 2.45) is 0 Å². The molecule has 1 aliphatic carbocycles. The van der Waals surface area contributed by atoms with E-state index in [1.165, 1.54) is 0 Å². The van der Waals surface area contributed by atoms with E-state index < -0.39 is 0 Å². The van der Waals surface area contributed by atoms with Gasteiger partial charge in [-0.05, 0) is 31.0 Å². The van der Waals surface area contributed by atoms with Gasteiger partial charge in [0.1, 0.15) is 5.75 Å². The van der Waals surface area contributed by atoms with Crippen LogP contribution in [0, 0.1) is 0 Å². The summed E-state index contributed by atoms with van der Waals surface area (Å²) in [5, 5.41) is 12.4. The Morgan fingerprint density at radius 2 is 2.06 bits per heavy atom. The third kappa shape index (κ3) is 1.40. The van der Waals surface area contributed by atoms with Gasteiger partial charge < -0.3 is 10.4 Å². The molecular weight excluding hydrogens is 222 g/mol. The summed E-state index contributed by atoms with van der Waals surface area (Å²) >= 11 is 1.62. The summed E-state index contributed by atoms with van der Waals surface area (Å²) in [6, 6.07) is 5.10. The number of carbonyl (C=O) groups is 1. The minimum atomic E-state index is -0.277. The molecule has 0 unspecified atom stereocenters.